The molecule has 1 aromatic rings. The van der Waals surface area contributed by atoms with Crippen molar-refractivity contribution in [3.05, 3.63) is 29.3 Å². The number of carboxylic acid groups (broad SMARTS) is 1. The molecule has 0 aliphatic carbocycles. The predicted octanol–water partition coefficient (Wildman–Crippen LogP) is 0.555. The minimum Gasteiger partial charge on any atom is -0.480 e. The molecule has 0 fully saturated rings. The third kappa shape index (κ3) is 2.83. The molecule has 8 nitrogen and oxygen atoms in total. The van der Waals surface area contributed by atoms with Crippen LogP contribution in [0.1, 0.15) is 34.6 Å². The Kier molecular flexibility index (Phi) is 3.38. The second kappa shape index (κ2) is 4.89. The molecule has 1 aliphatic heterocycles. The molecular weight excluding hydrogens is 278 g/mol. The first-order valence-electron chi connectivity index (χ1n) is 6.03. The van der Waals surface area contributed by atoms with Gasteiger partial charge in [-0.2, -0.15) is 0 Å². The van der Waals surface area contributed by atoms with Gasteiger partial charge in [0.25, 0.3) is 11.8 Å². The molecule has 1 heterocycles. The SMILES string of the molecule is CC(C)(NC(=O)Nc1ccc2c(c1)C(=O)NC2=O)C(=O)O. The summed E-state index contributed by atoms with van der Waals surface area (Å²) >= 11 is 0. The summed E-state index contributed by atoms with van der Waals surface area (Å²) in [6.45, 7) is 2.67. The quantitative estimate of drug-likeness (QED) is 0.605. The highest BCUT2D eigenvalue weighted by atomic mass is 16.4. The van der Waals surface area contributed by atoms with Gasteiger partial charge in [-0.25, -0.2) is 9.59 Å². The number of amides is 4. The van der Waals surface area contributed by atoms with Crippen LogP contribution in [0.15, 0.2) is 18.2 Å². The number of carbonyl (C=O) groups is 4. The van der Waals surface area contributed by atoms with Crippen LogP contribution in [0.2, 0.25) is 0 Å². The van der Waals surface area contributed by atoms with Crippen molar-refractivity contribution in [2.24, 2.45) is 0 Å². The summed E-state index contributed by atoms with van der Waals surface area (Å²) in [5, 5.41) is 15.7. The second-order valence-corrected chi connectivity index (χ2v) is 5.05. The lowest BCUT2D eigenvalue weighted by molar-refractivity contribution is -0.142. The fraction of sp³-hybridized carbons (Fsp3) is 0.231. The maximum absolute atomic E-state index is 11.7. The van der Waals surface area contributed by atoms with Gasteiger partial charge >= 0.3 is 12.0 Å². The zero-order valence-corrected chi connectivity index (χ0v) is 11.3. The number of hydrogen-bond donors (Lipinski definition) is 4. The fourth-order valence-corrected chi connectivity index (χ4v) is 1.75. The smallest absolute Gasteiger partial charge is 0.328 e. The number of urea groups is 1. The summed E-state index contributed by atoms with van der Waals surface area (Å²) in [5.41, 5.74) is -0.766. The van der Waals surface area contributed by atoms with Crippen molar-refractivity contribution in [3.63, 3.8) is 0 Å². The molecule has 0 atom stereocenters. The van der Waals surface area contributed by atoms with Crippen LogP contribution in [0, 0.1) is 0 Å². The van der Waals surface area contributed by atoms with E-state index >= 15 is 0 Å². The topological polar surface area (TPSA) is 125 Å². The number of carbonyl (C=O) groups excluding carboxylic acids is 3. The van der Waals surface area contributed by atoms with E-state index in [-0.39, 0.29) is 16.8 Å². The molecule has 0 aromatic heterocycles. The molecule has 0 bridgehead atoms. The number of benzene rings is 1. The number of imide groups is 1. The molecule has 0 saturated carbocycles. The third-order valence-electron chi connectivity index (χ3n) is 2.95. The number of fused-ring (bicyclic) bond motifs is 1. The van der Waals surface area contributed by atoms with E-state index in [2.05, 4.69) is 16.0 Å². The summed E-state index contributed by atoms with van der Waals surface area (Å²) in [7, 11) is 0. The normalized spacial score (nSPS) is 13.4. The Bertz CT molecular complexity index is 666. The van der Waals surface area contributed by atoms with Crippen molar-refractivity contribution in [2.45, 2.75) is 19.4 Å². The van der Waals surface area contributed by atoms with Gasteiger partial charge in [0.2, 0.25) is 0 Å². The number of anilines is 1. The van der Waals surface area contributed by atoms with Crippen LogP contribution in [-0.2, 0) is 4.79 Å². The Morgan fingerprint density at radius 1 is 1.14 bits per heavy atom. The van der Waals surface area contributed by atoms with Gasteiger partial charge in [0.05, 0.1) is 11.1 Å². The van der Waals surface area contributed by atoms with Gasteiger partial charge in [-0.1, -0.05) is 0 Å². The van der Waals surface area contributed by atoms with Crippen molar-refractivity contribution in [1.29, 1.82) is 0 Å². The Balaban J connectivity index is 2.13. The van der Waals surface area contributed by atoms with Crippen LogP contribution in [0.4, 0.5) is 10.5 Å². The summed E-state index contributed by atoms with van der Waals surface area (Å²) in [6, 6.07) is 3.48. The lowest BCUT2D eigenvalue weighted by Crippen LogP contribution is -2.51. The molecular formula is C13H13N3O5. The molecule has 0 spiro atoms. The molecule has 4 amide bonds. The van der Waals surface area contributed by atoms with Gasteiger partial charge < -0.3 is 15.7 Å². The van der Waals surface area contributed by atoms with Crippen molar-refractivity contribution in [1.82, 2.24) is 10.6 Å². The summed E-state index contributed by atoms with van der Waals surface area (Å²) in [6.07, 6.45) is 0. The van der Waals surface area contributed by atoms with E-state index in [0.29, 0.717) is 0 Å². The second-order valence-electron chi connectivity index (χ2n) is 5.05. The molecule has 2 rings (SSSR count). The van der Waals surface area contributed by atoms with E-state index in [9.17, 15) is 19.2 Å². The molecule has 0 radical (unpaired) electrons. The average molecular weight is 291 g/mol. The van der Waals surface area contributed by atoms with Gasteiger partial charge in [0, 0.05) is 5.69 Å². The van der Waals surface area contributed by atoms with Crippen molar-refractivity contribution in [3.8, 4) is 0 Å². The summed E-state index contributed by atoms with van der Waals surface area (Å²) in [4.78, 5) is 45.5. The van der Waals surface area contributed by atoms with Crippen LogP contribution in [0.5, 0.6) is 0 Å². The molecule has 21 heavy (non-hydrogen) atoms. The zero-order valence-electron chi connectivity index (χ0n) is 11.3. The molecule has 110 valence electrons. The number of aliphatic carboxylic acids is 1. The number of nitrogens with one attached hydrogen (secondary N) is 3. The van der Waals surface area contributed by atoms with Crippen molar-refractivity contribution in [2.75, 3.05) is 5.32 Å². The van der Waals surface area contributed by atoms with Gasteiger partial charge in [-0.05, 0) is 32.0 Å². The minimum atomic E-state index is -1.44. The van der Waals surface area contributed by atoms with Crippen LogP contribution < -0.4 is 16.0 Å². The molecule has 0 unspecified atom stereocenters. The predicted molar refractivity (Wildman–Crippen MR) is 72.1 cm³/mol. The monoisotopic (exact) mass is 291 g/mol. The maximum atomic E-state index is 11.7. The van der Waals surface area contributed by atoms with Crippen molar-refractivity contribution < 1.29 is 24.3 Å². The van der Waals surface area contributed by atoms with Crippen LogP contribution in [0.3, 0.4) is 0 Å². The van der Waals surface area contributed by atoms with Crippen molar-refractivity contribution >= 4 is 29.5 Å². The third-order valence-corrected chi connectivity index (χ3v) is 2.95. The highest BCUT2D eigenvalue weighted by Crippen LogP contribution is 2.20. The Labute approximate surface area is 119 Å². The van der Waals surface area contributed by atoms with Gasteiger partial charge in [-0.15, -0.1) is 0 Å². The van der Waals surface area contributed by atoms with E-state index in [4.69, 9.17) is 5.11 Å². The zero-order chi connectivity index (χ0) is 15.8. The molecule has 8 heteroatoms. The number of hydrogen-bond acceptors (Lipinski definition) is 4. The minimum absolute atomic E-state index is 0.162. The van der Waals surface area contributed by atoms with E-state index in [0.717, 1.165) is 0 Å². The maximum Gasteiger partial charge on any atom is 0.328 e. The molecule has 4 N–H and O–H groups in total. The Morgan fingerprint density at radius 2 is 1.76 bits per heavy atom. The van der Waals surface area contributed by atoms with E-state index in [1.165, 1.54) is 32.0 Å². The standard InChI is InChI=1S/C13H13N3O5/c1-13(2,11(19)20)16-12(21)14-6-3-4-7-8(5-6)10(18)15-9(7)17/h3-5H,1-2H3,(H,19,20)(H2,14,16,21)(H,15,17,18). The van der Waals surface area contributed by atoms with E-state index in [1.54, 1.807) is 0 Å². The number of rotatable bonds is 3. The lowest BCUT2D eigenvalue weighted by Gasteiger charge is -2.21. The molecule has 0 saturated heterocycles. The van der Waals surface area contributed by atoms with E-state index in [1.807, 2.05) is 0 Å². The Morgan fingerprint density at radius 3 is 2.38 bits per heavy atom. The first-order chi connectivity index (χ1) is 9.70. The molecule has 1 aliphatic rings. The summed E-state index contributed by atoms with van der Waals surface area (Å²) in [5.74, 6) is -2.21. The average Bonchev–Trinajstić information content (AvgIpc) is 2.63. The van der Waals surface area contributed by atoms with Crippen LogP contribution >= 0.6 is 0 Å². The first kappa shape index (κ1) is 14.5. The summed E-state index contributed by atoms with van der Waals surface area (Å²) < 4.78 is 0. The first-order valence-corrected chi connectivity index (χ1v) is 6.03. The van der Waals surface area contributed by atoms with Crippen LogP contribution in [-0.4, -0.2) is 34.5 Å². The molecule has 1 aromatic carbocycles. The van der Waals surface area contributed by atoms with Gasteiger partial charge in [0.1, 0.15) is 5.54 Å². The van der Waals surface area contributed by atoms with E-state index < -0.39 is 29.4 Å². The fourth-order valence-electron chi connectivity index (χ4n) is 1.75. The number of carboxylic acids is 1. The highest BCUT2D eigenvalue weighted by Gasteiger charge is 2.30. The van der Waals surface area contributed by atoms with Gasteiger partial charge in [-0.3, -0.25) is 14.9 Å². The Hall–Kier alpha value is -2.90. The largest absolute Gasteiger partial charge is 0.480 e. The van der Waals surface area contributed by atoms with Gasteiger partial charge in [0.15, 0.2) is 0 Å². The highest BCUT2D eigenvalue weighted by molar-refractivity contribution is 6.22. The lowest BCUT2D eigenvalue weighted by atomic mass is 10.1. The van der Waals surface area contributed by atoms with Crippen LogP contribution in [0.25, 0.3) is 0 Å².